The summed E-state index contributed by atoms with van der Waals surface area (Å²) in [5.74, 6) is 1.81. The van der Waals surface area contributed by atoms with Crippen molar-refractivity contribution >= 4 is 23.3 Å². The molecule has 6 heteroatoms. The van der Waals surface area contributed by atoms with Crippen molar-refractivity contribution in [2.75, 3.05) is 18.0 Å². The smallest absolute Gasteiger partial charge is 0.225 e. The number of nitrogens with one attached hydrogen (secondary N) is 1. The van der Waals surface area contributed by atoms with Crippen molar-refractivity contribution in [3.05, 3.63) is 16.5 Å². The number of nitrogens with zero attached hydrogens (tertiary/aromatic N) is 3. The highest BCUT2D eigenvalue weighted by atomic mass is 35.5. The summed E-state index contributed by atoms with van der Waals surface area (Å²) < 4.78 is 0. The Morgan fingerprint density at radius 2 is 2.16 bits per heavy atom. The minimum atomic E-state index is 0.0854. The van der Waals surface area contributed by atoms with Crippen LogP contribution in [0.3, 0.4) is 0 Å². The van der Waals surface area contributed by atoms with Gasteiger partial charge in [-0.05, 0) is 26.7 Å². The van der Waals surface area contributed by atoms with Crippen LogP contribution in [0.15, 0.2) is 0 Å². The summed E-state index contributed by atoms with van der Waals surface area (Å²) in [4.78, 5) is 22.7. The molecule has 0 radical (unpaired) electrons. The fourth-order valence-electron chi connectivity index (χ4n) is 3.07. The molecule has 2 unspecified atom stereocenters. The van der Waals surface area contributed by atoms with Gasteiger partial charge in [0.1, 0.15) is 16.8 Å². The molecule has 0 aromatic carbocycles. The van der Waals surface area contributed by atoms with Gasteiger partial charge >= 0.3 is 0 Å². The van der Waals surface area contributed by atoms with Crippen molar-refractivity contribution in [2.24, 2.45) is 5.92 Å². The monoisotopic (exact) mass is 280 g/mol. The lowest BCUT2D eigenvalue weighted by atomic mass is 9.91. The molecule has 1 aromatic heterocycles. The summed E-state index contributed by atoms with van der Waals surface area (Å²) in [6, 6.07) is 0.199. The van der Waals surface area contributed by atoms with Gasteiger partial charge in [0, 0.05) is 18.7 Å². The van der Waals surface area contributed by atoms with Crippen LogP contribution in [0.2, 0.25) is 5.15 Å². The summed E-state index contributed by atoms with van der Waals surface area (Å²) >= 11 is 6.15. The topological polar surface area (TPSA) is 58.1 Å². The van der Waals surface area contributed by atoms with Crippen molar-refractivity contribution in [3.8, 4) is 0 Å². The fourth-order valence-corrected chi connectivity index (χ4v) is 3.28. The largest absolute Gasteiger partial charge is 0.354 e. The molecule has 2 atom stereocenters. The third kappa shape index (κ3) is 2.06. The van der Waals surface area contributed by atoms with Crippen molar-refractivity contribution in [2.45, 2.75) is 32.7 Å². The highest BCUT2D eigenvalue weighted by Gasteiger charge is 2.41. The molecule has 0 aliphatic carbocycles. The third-order valence-electron chi connectivity index (χ3n) is 4.05. The summed E-state index contributed by atoms with van der Waals surface area (Å²) in [7, 11) is 0. The van der Waals surface area contributed by atoms with Gasteiger partial charge in [-0.3, -0.25) is 4.79 Å². The average molecular weight is 281 g/mol. The van der Waals surface area contributed by atoms with Crippen LogP contribution in [0, 0.1) is 19.8 Å². The Morgan fingerprint density at radius 1 is 1.37 bits per heavy atom. The molecule has 3 rings (SSSR count). The highest BCUT2D eigenvalue weighted by Crippen LogP contribution is 2.33. The lowest BCUT2D eigenvalue weighted by molar-refractivity contribution is -0.122. The molecule has 2 aliphatic heterocycles. The van der Waals surface area contributed by atoms with E-state index in [4.69, 9.17) is 11.6 Å². The zero-order valence-corrected chi connectivity index (χ0v) is 11.9. The Bertz CT molecular complexity index is 534. The van der Waals surface area contributed by atoms with Gasteiger partial charge in [-0.25, -0.2) is 9.97 Å². The number of hydrogen-bond donors (Lipinski definition) is 1. The molecule has 0 spiro atoms. The first kappa shape index (κ1) is 12.7. The first-order valence-electron chi connectivity index (χ1n) is 6.63. The Labute approximate surface area is 117 Å². The van der Waals surface area contributed by atoms with Gasteiger partial charge in [0.05, 0.1) is 12.0 Å². The van der Waals surface area contributed by atoms with Crippen LogP contribution in [-0.4, -0.2) is 35.0 Å². The number of anilines is 1. The number of amides is 1. The number of rotatable bonds is 1. The van der Waals surface area contributed by atoms with Crippen LogP contribution < -0.4 is 10.2 Å². The van der Waals surface area contributed by atoms with Crippen molar-refractivity contribution in [1.29, 1.82) is 0 Å². The molecule has 2 fully saturated rings. The third-order valence-corrected chi connectivity index (χ3v) is 4.41. The van der Waals surface area contributed by atoms with Gasteiger partial charge < -0.3 is 10.2 Å². The molecule has 1 aromatic rings. The molecular weight excluding hydrogens is 264 g/mol. The molecule has 3 heterocycles. The summed E-state index contributed by atoms with van der Waals surface area (Å²) in [5.41, 5.74) is 0.896. The molecule has 0 bridgehead atoms. The molecule has 0 saturated carbocycles. The highest BCUT2D eigenvalue weighted by molar-refractivity contribution is 6.30. The number of carbonyl (C=O) groups excluding carboxylic acids is 1. The van der Waals surface area contributed by atoms with Crippen LogP contribution in [-0.2, 0) is 4.79 Å². The van der Waals surface area contributed by atoms with E-state index >= 15 is 0 Å². The van der Waals surface area contributed by atoms with E-state index < -0.39 is 0 Å². The standard InChI is InChI=1S/C13H17ClN4O/c1-7-11(14)16-8(2)17-12(7)18-5-3-4-9-10(18)6-15-13(9)19/h9-10H,3-6H2,1-2H3,(H,15,19). The van der Waals surface area contributed by atoms with Gasteiger partial charge in [-0.2, -0.15) is 0 Å². The van der Waals surface area contributed by atoms with E-state index in [1.165, 1.54) is 0 Å². The zero-order valence-electron chi connectivity index (χ0n) is 11.1. The second kappa shape index (κ2) is 4.63. The van der Waals surface area contributed by atoms with Gasteiger partial charge in [0.15, 0.2) is 0 Å². The predicted molar refractivity (Wildman–Crippen MR) is 73.4 cm³/mol. The van der Waals surface area contributed by atoms with E-state index in [2.05, 4.69) is 20.2 Å². The maximum Gasteiger partial charge on any atom is 0.225 e. The first-order chi connectivity index (χ1) is 9.08. The lowest BCUT2D eigenvalue weighted by Crippen LogP contribution is -2.46. The Kier molecular flexibility index (Phi) is 3.09. The van der Waals surface area contributed by atoms with Gasteiger partial charge in [-0.1, -0.05) is 11.6 Å². The summed E-state index contributed by atoms with van der Waals surface area (Å²) in [6.45, 7) is 5.40. The average Bonchev–Trinajstić information content (AvgIpc) is 2.76. The number of halogens is 1. The van der Waals surface area contributed by atoms with Crippen molar-refractivity contribution < 1.29 is 4.79 Å². The normalized spacial score (nSPS) is 26.3. The van der Waals surface area contributed by atoms with Gasteiger partial charge in [-0.15, -0.1) is 0 Å². The van der Waals surface area contributed by atoms with E-state index in [-0.39, 0.29) is 17.9 Å². The molecule has 5 nitrogen and oxygen atoms in total. The van der Waals surface area contributed by atoms with E-state index in [1.807, 2.05) is 13.8 Å². The van der Waals surface area contributed by atoms with Crippen LogP contribution in [0.5, 0.6) is 0 Å². The first-order valence-corrected chi connectivity index (χ1v) is 7.01. The number of aryl methyl sites for hydroxylation is 1. The van der Waals surface area contributed by atoms with Gasteiger partial charge in [0.25, 0.3) is 0 Å². The maximum atomic E-state index is 11.8. The molecule has 1 N–H and O–H groups in total. The predicted octanol–water partition coefficient (Wildman–Crippen LogP) is 1.46. The van der Waals surface area contributed by atoms with Crippen LogP contribution >= 0.6 is 11.6 Å². The van der Waals surface area contributed by atoms with E-state index in [0.717, 1.165) is 30.8 Å². The molecule has 2 aliphatic rings. The number of piperidine rings is 1. The van der Waals surface area contributed by atoms with E-state index in [9.17, 15) is 4.79 Å². The van der Waals surface area contributed by atoms with Crippen LogP contribution in [0.25, 0.3) is 0 Å². The number of carbonyl (C=O) groups is 1. The Balaban J connectivity index is 2.00. The molecular formula is C13H17ClN4O. The SMILES string of the molecule is Cc1nc(Cl)c(C)c(N2CCCC3C(=O)NCC32)n1. The summed E-state index contributed by atoms with van der Waals surface area (Å²) in [6.07, 6.45) is 1.97. The van der Waals surface area contributed by atoms with Crippen LogP contribution in [0.1, 0.15) is 24.2 Å². The molecule has 19 heavy (non-hydrogen) atoms. The zero-order chi connectivity index (χ0) is 13.6. The second-order valence-corrected chi connectivity index (χ2v) is 5.62. The summed E-state index contributed by atoms with van der Waals surface area (Å²) in [5, 5.41) is 3.45. The number of aromatic nitrogens is 2. The van der Waals surface area contributed by atoms with E-state index in [1.54, 1.807) is 0 Å². The second-order valence-electron chi connectivity index (χ2n) is 5.26. The number of fused-ring (bicyclic) bond motifs is 1. The maximum absolute atomic E-state index is 11.8. The van der Waals surface area contributed by atoms with Crippen molar-refractivity contribution in [3.63, 3.8) is 0 Å². The Morgan fingerprint density at radius 3 is 2.95 bits per heavy atom. The minimum absolute atomic E-state index is 0.0854. The van der Waals surface area contributed by atoms with Crippen molar-refractivity contribution in [1.82, 2.24) is 15.3 Å². The molecule has 102 valence electrons. The molecule has 1 amide bonds. The fraction of sp³-hybridized carbons (Fsp3) is 0.615. The van der Waals surface area contributed by atoms with E-state index in [0.29, 0.717) is 17.5 Å². The van der Waals surface area contributed by atoms with Crippen LogP contribution in [0.4, 0.5) is 5.82 Å². The Hall–Kier alpha value is -1.36. The quantitative estimate of drug-likeness (QED) is 0.792. The number of hydrogen-bond acceptors (Lipinski definition) is 4. The van der Waals surface area contributed by atoms with Gasteiger partial charge in [0.2, 0.25) is 5.91 Å². The lowest BCUT2D eigenvalue weighted by Gasteiger charge is -2.37. The minimum Gasteiger partial charge on any atom is -0.354 e. The molecule has 2 saturated heterocycles.